The lowest BCUT2D eigenvalue weighted by Gasteiger charge is -2.15. The van der Waals surface area contributed by atoms with E-state index in [2.05, 4.69) is 30.5 Å². The number of hydrogen-bond acceptors (Lipinski definition) is 2. The molecule has 33 heavy (non-hydrogen) atoms. The van der Waals surface area contributed by atoms with Crippen LogP contribution < -0.4 is 4.74 Å². The largest absolute Gasteiger partial charge is 0.497 e. The average molecular weight is 448 g/mol. The standard InChI is InChI=1S/C28H27F2NO2/c1-18(2)28-27(26(32)14-10-19-9-13-23(29)24(30)15-19)22-12-11-21(33-3)16-25(22)31(28)17-20-7-5-4-6-8-20/h4-9,11-13,15-16,18H,10,14,17H2,1-3H3. The van der Waals surface area contributed by atoms with E-state index < -0.39 is 11.6 Å². The van der Waals surface area contributed by atoms with Crippen molar-refractivity contribution in [3.8, 4) is 5.75 Å². The van der Waals surface area contributed by atoms with Crippen LogP contribution in [-0.4, -0.2) is 17.5 Å². The number of halogens is 2. The van der Waals surface area contributed by atoms with Crippen LogP contribution in [0.15, 0.2) is 66.7 Å². The van der Waals surface area contributed by atoms with Gasteiger partial charge in [-0.1, -0.05) is 50.2 Å². The minimum atomic E-state index is -0.894. The number of carbonyl (C=O) groups excluding carboxylic acids is 1. The Hall–Kier alpha value is -3.47. The molecule has 0 saturated heterocycles. The third-order valence-electron chi connectivity index (χ3n) is 5.95. The van der Waals surface area contributed by atoms with Gasteiger partial charge in [-0.05, 0) is 47.7 Å². The van der Waals surface area contributed by atoms with E-state index in [1.54, 1.807) is 7.11 Å². The van der Waals surface area contributed by atoms with E-state index in [0.717, 1.165) is 40.0 Å². The van der Waals surface area contributed by atoms with Gasteiger partial charge in [0.05, 0.1) is 12.6 Å². The molecule has 0 unspecified atom stereocenters. The number of aromatic nitrogens is 1. The molecular weight excluding hydrogens is 420 g/mol. The summed E-state index contributed by atoms with van der Waals surface area (Å²) >= 11 is 0. The Morgan fingerprint density at radius 3 is 2.36 bits per heavy atom. The van der Waals surface area contributed by atoms with Crippen LogP contribution in [0.3, 0.4) is 0 Å². The molecule has 0 fully saturated rings. The number of carbonyl (C=O) groups is 1. The number of Topliss-reactive ketones (excluding diaryl/α,β-unsaturated/α-hetero) is 1. The maximum Gasteiger partial charge on any atom is 0.165 e. The first-order chi connectivity index (χ1) is 15.9. The molecule has 4 aromatic rings. The summed E-state index contributed by atoms with van der Waals surface area (Å²) in [5.74, 6) is -0.954. The average Bonchev–Trinajstić information content (AvgIpc) is 3.14. The van der Waals surface area contributed by atoms with Crippen LogP contribution in [0.5, 0.6) is 5.75 Å². The first kappa shape index (κ1) is 22.7. The first-order valence-corrected chi connectivity index (χ1v) is 11.1. The van der Waals surface area contributed by atoms with Gasteiger partial charge in [0.1, 0.15) is 5.75 Å². The number of nitrogens with zero attached hydrogens (tertiary/aromatic N) is 1. The van der Waals surface area contributed by atoms with Crippen molar-refractivity contribution in [2.75, 3.05) is 7.11 Å². The Morgan fingerprint density at radius 2 is 1.70 bits per heavy atom. The molecule has 0 amide bonds. The van der Waals surface area contributed by atoms with Crippen LogP contribution in [0.2, 0.25) is 0 Å². The van der Waals surface area contributed by atoms with E-state index in [-0.39, 0.29) is 18.1 Å². The highest BCUT2D eigenvalue weighted by atomic mass is 19.2. The number of rotatable bonds is 8. The summed E-state index contributed by atoms with van der Waals surface area (Å²) in [5.41, 5.74) is 4.35. The van der Waals surface area contributed by atoms with Crippen molar-refractivity contribution >= 4 is 16.7 Å². The zero-order chi connectivity index (χ0) is 23.5. The van der Waals surface area contributed by atoms with Crippen LogP contribution in [-0.2, 0) is 13.0 Å². The van der Waals surface area contributed by atoms with E-state index >= 15 is 0 Å². The molecule has 0 aliphatic heterocycles. The number of hydrogen-bond donors (Lipinski definition) is 0. The summed E-state index contributed by atoms with van der Waals surface area (Å²) in [6.45, 7) is 4.80. The minimum Gasteiger partial charge on any atom is -0.497 e. The third-order valence-corrected chi connectivity index (χ3v) is 5.95. The molecule has 0 radical (unpaired) electrons. The second-order valence-electron chi connectivity index (χ2n) is 8.54. The lowest BCUT2D eigenvalue weighted by atomic mass is 9.96. The zero-order valence-corrected chi connectivity index (χ0v) is 19.1. The van der Waals surface area contributed by atoms with Gasteiger partial charge in [0.2, 0.25) is 0 Å². The van der Waals surface area contributed by atoms with Gasteiger partial charge in [-0.2, -0.15) is 0 Å². The van der Waals surface area contributed by atoms with Gasteiger partial charge in [-0.25, -0.2) is 8.78 Å². The van der Waals surface area contributed by atoms with E-state index in [1.165, 1.54) is 6.07 Å². The maximum atomic E-state index is 13.6. The Morgan fingerprint density at radius 1 is 0.939 bits per heavy atom. The van der Waals surface area contributed by atoms with Crippen molar-refractivity contribution in [1.29, 1.82) is 0 Å². The Balaban J connectivity index is 1.78. The number of methoxy groups -OCH3 is 1. The quantitative estimate of drug-likeness (QED) is 0.275. The monoisotopic (exact) mass is 447 g/mol. The lowest BCUT2D eigenvalue weighted by molar-refractivity contribution is 0.0983. The van der Waals surface area contributed by atoms with Crippen LogP contribution >= 0.6 is 0 Å². The fraction of sp³-hybridized carbons (Fsp3) is 0.250. The van der Waals surface area contributed by atoms with Crippen molar-refractivity contribution < 1.29 is 18.3 Å². The topological polar surface area (TPSA) is 31.2 Å². The molecule has 5 heteroatoms. The summed E-state index contributed by atoms with van der Waals surface area (Å²) in [6, 6.07) is 19.7. The van der Waals surface area contributed by atoms with E-state index in [1.807, 2.05) is 36.4 Å². The fourth-order valence-electron chi connectivity index (χ4n) is 4.38. The number of benzene rings is 3. The lowest BCUT2D eigenvalue weighted by Crippen LogP contribution is -2.11. The molecule has 0 aliphatic rings. The molecule has 0 N–H and O–H groups in total. The van der Waals surface area contributed by atoms with Crippen molar-refractivity contribution in [3.05, 3.63) is 101 Å². The molecule has 1 aromatic heterocycles. The fourth-order valence-corrected chi connectivity index (χ4v) is 4.38. The molecule has 3 aromatic carbocycles. The highest BCUT2D eigenvalue weighted by Crippen LogP contribution is 2.35. The molecule has 0 atom stereocenters. The van der Waals surface area contributed by atoms with Crippen LogP contribution in [0.25, 0.3) is 10.9 Å². The predicted octanol–water partition coefficient (Wildman–Crippen LogP) is 6.92. The van der Waals surface area contributed by atoms with Crippen molar-refractivity contribution in [2.24, 2.45) is 0 Å². The molecule has 3 nitrogen and oxygen atoms in total. The summed E-state index contributed by atoms with van der Waals surface area (Å²) in [4.78, 5) is 13.5. The Labute approximate surface area is 192 Å². The van der Waals surface area contributed by atoms with Gasteiger partial charge in [0, 0.05) is 35.7 Å². The molecule has 170 valence electrons. The predicted molar refractivity (Wildman–Crippen MR) is 127 cm³/mol. The number of ketones is 1. The van der Waals surface area contributed by atoms with Crippen LogP contribution in [0.1, 0.15) is 53.4 Å². The van der Waals surface area contributed by atoms with Gasteiger partial charge < -0.3 is 9.30 Å². The van der Waals surface area contributed by atoms with Gasteiger partial charge in [0.15, 0.2) is 17.4 Å². The van der Waals surface area contributed by atoms with Gasteiger partial charge in [-0.3, -0.25) is 4.79 Å². The number of aryl methyl sites for hydroxylation is 1. The number of ether oxygens (including phenoxy) is 1. The molecule has 0 aliphatic carbocycles. The summed E-state index contributed by atoms with van der Waals surface area (Å²) in [7, 11) is 1.63. The molecule has 0 bridgehead atoms. The summed E-state index contributed by atoms with van der Waals surface area (Å²) < 4.78 is 34.5. The highest BCUT2D eigenvalue weighted by molar-refractivity contribution is 6.10. The molecule has 0 saturated carbocycles. The van der Waals surface area contributed by atoms with E-state index in [0.29, 0.717) is 24.1 Å². The Bertz CT molecular complexity index is 1290. The summed E-state index contributed by atoms with van der Waals surface area (Å²) in [5, 5.41) is 0.880. The molecule has 4 rings (SSSR count). The molecular formula is C28H27F2NO2. The maximum absolute atomic E-state index is 13.6. The van der Waals surface area contributed by atoms with Gasteiger partial charge >= 0.3 is 0 Å². The smallest absolute Gasteiger partial charge is 0.165 e. The number of fused-ring (bicyclic) bond motifs is 1. The Kier molecular flexibility index (Phi) is 6.59. The van der Waals surface area contributed by atoms with Crippen LogP contribution in [0.4, 0.5) is 8.78 Å². The summed E-state index contributed by atoms with van der Waals surface area (Å²) in [6.07, 6.45) is 0.552. The van der Waals surface area contributed by atoms with Crippen molar-refractivity contribution in [1.82, 2.24) is 4.57 Å². The van der Waals surface area contributed by atoms with Crippen LogP contribution in [0, 0.1) is 11.6 Å². The van der Waals surface area contributed by atoms with E-state index in [4.69, 9.17) is 4.74 Å². The highest BCUT2D eigenvalue weighted by Gasteiger charge is 2.25. The minimum absolute atomic E-state index is 0.00888. The SMILES string of the molecule is COc1ccc2c(C(=O)CCc3ccc(F)c(F)c3)c(C(C)C)n(Cc3ccccc3)c2c1. The molecule has 1 heterocycles. The van der Waals surface area contributed by atoms with Gasteiger partial charge in [0.25, 0.3) is 0 Å². The second-order valence-corrected chi connectivity index (χ2v) is 8.54. The van der Waals surface area contributed by atoms with Crippen molar-refractivity contribution in [2.45, 2.75) is 39.2 Å². The van der Waals surface area contributed by atoms with Gasteiger partial charge in [-0.15, -0.1) is 0 Å². The third kappa shape index (κ3) is 4.68. The van der Waals surface area contributed by atoms with Crippen molar-refractivity contribution in [3.63, 3.8) is 0 Å². The first-order valence-electron chi connectivity index (χ1n) is 11.1. The normalized spacial score (nSPS) is 11.3. The van der Waals surface area contributed by atoms with E-state index in [9.17, 15) is 13.6 Å². The molecule has 0 spiro atoms. The second kappa shape index (κ2) is 9.57. The zero-order valence-electron chi connectivity index (χ0n) is 19.1.